The van der Waals surface area contributed by atoms with Crippen molar-refractivity contribution < 1.29 is 4.74 Å². The average molecular weight is 278 g/mol. The van der Waals surface area contributed by atoms with Crippen LogP contribution in [0.2, 0.25) is 0 Å². The average Bonchev–Trinajstić information content (AvgIpc) is 2.92. The number of ether oxygens (including phenoxy) is 1. The lowest BCUT2D eigenvalue weighted by Gasteiger charge is -2.11. The van der Waals surface area contributed by atoms with Crippen molar-refractivity contribution in [1.82, 2.24) is 9.55 Å². The van der Waals surface area contributed by atoms with Gasteiger partial charge in [0.2, 0.25) is 0 Å². The van der Waals surface area contributed by atoms with E-state index in [0.29, 0.717) is 23.5 Å². The molecule has 0 spiro atoms. The van der Waals surface area contributed by atoms with Crippen LogP contribution in [0.4, 0.5) is 0 Å². The summed E-state index contributed by atoms with van der Waals surface area (Å²) in [5.41, 5.74) is 2.80. The molecule has 0 saturated carbocycles. The molecule has 0 unspecified atom stereocenters. The van der Waals surface area contributed by atoms with E-state index < -0.39 is 0 Å². The van der Waals surface area contributed by atoms with Gasteiger partial charge in [0.15, 0.2) is 0 Å². The zero-order valence-corrected chi connectivity index (χ0v) is 11.6. The molecule has 4 nitrogen and oxygen atoms in total. The number of aryl methyl sites for hydroxylation is 1. The first-order valence-electron chi connectivity index (χ1n) is 6.95. The van der Waals surface area contributed by atoms with Crippen LogP contribution < -0.4 is 10.3 Å². The van der Waals surface area contributed by atoms with Gasteiger partial charge < -0.3 is 4.74 Å². The summed E-state index contributed by atoms with van der Waals surface area (Å²) in [6, 6.07) is 15.9. The van der Waals surface area contributed by atoms with Crippen molar-refractivity contribution in [2.75, 3.05) is 6.61 Å². The number of rotatable bonds is 1. The van der Waals surface area contributed by atoms with E-state index in [2.05, 4.69) is 4.98 Å². The topological polar surface area (TPSA) is 44.1 Å². The fourth-order valence-electron chi connectivity index (χ4n) is 2.81. The zero-order chi connectivity index (χ0) is 14.4. The maximum atomic E-state index is 12.8. The molecule has 3 aromatic rings. The van der Waals surface area contributed by atoms with E-state index in [1.807, 2.05) is 55.5 Å². The standard InChI is InChI=1S/C17H14N2O2/c1-11-7-8-13-14(9-11)18-17-19(16(13)20)15(10-21-17)12-5-3-2-4-6-12/h2-9,15H,10H2,1H3/t15-/m0/s1. The lowest BCUT2D eigenvalue weighted by molar-refractivity contribution is 0.333. The summed E-state index contributed by atoms with van der Waals surface area (Å²) < 4.78 is 7.31. The predicted octanol–water partition coefficient (Wildman–Crippen LogP) is 2.69. The van der Waals surface area contributed by atoms with E-state index in [9.17, 15) is 4.79 Å². The number of hydrogen-bond donors (Lipinski definition) is 0. The van der Waals surface area contributed by atoms with E-state index >= 15 is 0 Å². The summed E-state index contributed by atoms with van der Waals surface area (Å²) >= 11 is 0. The van der Waals surface area contributed by atoms with E-state index in [4.69, 9.17) is 4.74 Å². The predicted molar refractivity (Wildman–Crippen MR) is 80.8 cm³/mol. The highest BCUT2D eigenvalue weighted by Crippen LogP contribution is 2.28. The number of aromatic nitrogens is 2. The molecule has 2 aromatic carbocycles. The van der Waals surface area contributed by atoms with Gasteiger partial charge in [-0.1, -0.05) is 36.4 Å². The van der Waals surface area contributed by atoms with Gasteiger partial charge in [-0.25, -0.2) is 0 Å². The summed E-state index contributed by atoms with van der Waals surface area (Å²) in [6.45, 7) is 2.43. The molecule has 0 N–H and O–H groups in total. The fraction of sp³-hybridized carbons (Fsp3) is 0.176. The van der Waals surface area contributed by atoms with Crippen molar-refractivity contribution in [2.45, 2.75) is 13.0 Å². The second kappa shape index (κ2) is 4.45. The molecule has 0 fully saturated rings. The Labute approximate surface area is 121 Å². The van der Waals surface area contributed by atoms with Gasteiger partial charge in [-0.2, -0.15) is 4.98 Å². The van der Waals surface area contributed by atoms with Crippen molar-refractivity contribution >= 4 is 10.9 Å². The molecule has 4 rings (SSSR count). The van der Waals surface area contributed by atoms with Gasteiger partial charge >= 0.3 is 6.01 Å². The van der Waals surface area contributed by atoms with E-state index in [0.717, 1.165) is 11.1 Å². The van der Waals surface area contributed by atoms with Gasteiger partial charge in [-0.05, 0) is 30.2 Å². The van der Waals surface area contributed by atoms with Crippen LogP contribution >= 0.6 is 0 Å². The van der Waals surface area contributed by atoms with Gasteiger partial charge in [0.1, 0.15) is 12.6 Å². The minimum Gasteiger partial charge on any atom is -0.462 e. The van der Waals surface area contributed by atoms with Crippen LogP contribution in [0.25, 0.3) is 10.9 Å². The summed E-state index contributed by atoms with van der Waals surface area (Å²) in [5.74, 6) is 0. The Morgan fingerprint density at radius 2 is 2.00 bits per heavy atom. The fourth-order valence-corrected chi connectivity index (χ4v) is 2.81. The molecule has 0 bridgehead atoms. The van der Waals surface area contributed by atoms with Crippen molar-refractivity contribution in [3.8, 4) is 6.01 Å². The smallest absolute Gasteiger partial charge is 0.300 e. The third-order valence-electron chi connectivity index (χ3n) is 3.89. The third kappa shape index (κ3) is 1.83. The second-order valence-electron chi connectivity index (χ2n) is 5.33. The van der Waals surface area contributed by atoms with Crippen LogP contribution in [0, 0.1) is 6.92 Å². The van der Waals surface area contributed by atoms with Crippen LogP contribution in [0.15, 0.2) is 53.3 Å². The van der Waals surface area contributed by atoms with E-state index in [-0.39, 0.29) is 11.6 Å². The van der Waals surface area contributed by atoms with E-state index in [1.54, 1.807) is 4.57 Å². The summed E-state index contributed by atoms with van der Waals surface area (Å²) in [6.07, 6.45) is 0. The van der Waals surface area contributed by atoms with Crippen molar-refractivity contribution in [2.24, 2.45) is 0 Å². The van der Waals surface area contributed by atoms with Crippen molar-refractivity contribution in [3.63, 3.8) is 0 Å². The first-order chi connectivity index (χ1) is 10.2. The SMILES string of the molecule is Cc1ccc2c(=O)n3c(nc2c1)OC[C@H]3c1ccccc1. The Balaban J connectivity index is 1.97. The Morgan fingerprint density at radius 1 is 1.19 bits per heavy atom. The maximum absolute atomic E-state index is 12.8. The van der Waals surface area contributed by atoms with Gasteiger partial charge in [-0.15, -0.1) is 0 Å². The molecule has 0 aliphatic carbocycles. The highest BCUT2D eigenvalue weighted by atomic mass is 16.5. The molecule has 1 atom stereocenters. The number of fused-ring (bicyclic) bond motifs is 2. The molecule has 2 heterocycles. The molecule has 0 radical (unpaired) electrons. The van der Waals surface area contributed by atoms with Gasteiger partial charge in [0.05, 0.1) is 10.9 Å². The normalized spacial score (nSPS) is 16.7. The Kier molecular flexibility index (Phi) is 2.57. The van der Waals surface area contributed by atoms with Crippen LogP contribution in [0.3, 0.4) is 0 Å². The van der Waals surface area contributed by atoms with Crippen LogP contribution in [-0.4, -0.2) is 16.2 Å². The Bertz CT molecular complexity index is 884. The molecule has 4 heteroatoms. The lowest BCUT2D eigenvalue weighted by Crippen LogP contribution is -2.23. The van der Waals surface area contributed by atoms with Gasteiger partial charge in [-0.3, -0.25) is 9.36 Å². The molecule has 104 valence electrons. The summed E-state index contributed by atoms with van der Waals surface area (Å²) in [7, 11) is 0. The van der Waals surface area contributed by atoms with Gasteiger partial charge in [0.25, 0.3) is 5.56 Å². The number of benzene rings is 2. The molecule has 1 aliphatic heterocycles. The molecule has 1 aliphatic rings. The maximum Gasteiger partial charge on any atom is 0.300 e. The second-order valence-corrected chi connectivity index (χ2v) is 5.33. The Hall–Kier alpha value is -2.62. The molecular weight excluding hydrogens is 264 g/mol. The first-order valence-corrected chi connectivity index (χ1v) is 6.95. The highest BCUT2D eigenvalue weighted by molar-refractivity contribution is 5.78. The zero-order valence-electron chi connectivity index (χ0n) is 11.6. The van der Waals surface area contributed by atoms with Crippen LogP contribution in [0.5, 0.6) is 6.01 Å². The van der Waals surface area contributed by atoms with Crippen molar-refractivity contribution in [1.29, 1.82) is 0 Å². The molecule has 0 amide bonds. The lowest BCUT2D eigenvalue weighted by atomic mass is 10.1. The van der Waals surface area contributed by atoms with Crippen molar-refractivity contribution in [3.05, 3.63) is 70.0 Å². The van der Waals surface area contributed by atoms with Gasteiger partial charge in [0, 0.05) is 0 Å². The van der Waals surface area contributed by atoms with E-state index in [1.165, 1.54) is 0 Å². The molecule has 21 heavy (non-hydrogen) atoms. The summed E-state index contributed by atoms with van der Waals surface area (Å²) in [5, 5.41) is 0.635. The third-order valence-corrected chi connectivity index (χ3v) is 3.89. The minimum atomic E-state index is -0.105. The summed E-state index contributed by atoms with van der Waals surface area (Å²) in [4.78, 5) is 17.3. The number of hydrogen-bond acceptors (Lipinski definition) is 3. The Morgan fingerprint density at radius 3 is 2.81 bits per heavy atom. The first kappa shape index (κ1) is 12.1. The molecule has 0 saturated heterocycles. The molecular formula is C17H14N2O2. The number of nitrogens with zero attached hydrogens (tertiary/aromatic N) is 2. The highest BCUT2D eigenvalue weighted by Gasteiger charge is 2.28. The largest absolute Gasteiger partial charge is 0.462 e. The molecule has 1 aromatic heterocycles. The van der Waals surface area contributed by atoms with Crippen LogP contribution in [0.1, 0.15) is 17.2 Å². The monoisotopic (exact) mass is 278 g/mol. The quantitative estimate of drug-likeness (QED) is 0.687. The minimum absolute atomic E-state index is 0.0404. The van der Waals surface area contributed by atoms with Crippen LogP contribution in [-0.2, 0) is 0 Å².